The third-order valence-corrected chi connectivity index (χ3v) is 6.46. The Hall–Kier alpha value is -2.25. The quantitative estimate of drug-likeness (QED) is 0.873. The highest BCUT2D eigenvalue weighted by molar-refractivity contribution is 7.89. The van der Waals surface area contributed by atoms with Crippen LogP contribution in [0.15, 0.2) is 53.7 Å². The summed E-state index contributed by atoms with van der Waals surface area (Å²) >= 11 is 0. The molecule has 1 unspecified atom stereocenters. The highest BCUT2D eigenvalue weighted by Gasteiger charge is 2.28. The maximum atomic E-state index is 12.7. The lowest BCUT2D eigenvalue weighted by Gasteiger charge is -2.30. The van der Waals surface area contributed by atoms with Crippen molar-refractivity contribution in [1.29, 1.82) is 0 Å². The average molecular weight is 373 g/mol. The largest absolute Gasteiger partial charge is 0.348 e. The number of hydrogen-bond acceptors (Lipinski definition) is 4. The molecule has 1 atom stereocenters. The Morgan fingerprint density at radius 2 is 1.88 bits per heavy atom. The van der Waals surface area contributed by atoms with Crippen LogP contribution in [0.3, 0.4) is 0 Å². The number of rotatable bonds is 5. The van der Waals surface area contributed by atoms with Gasteiger partial charge in [-0.25, -0.2) is 8.42 Å². The summed E-state index contributed by atoms with van der Waals surface area (Å²) in [6.07, 6.45) is 5.28. The standard InChI is InChI=1S/C19H23N3O3S/c1-15-3-2-12-22(14-15)26(24,25)18-6-4-17(5-7-18)19(23)21-13-16-8-10-20-11-9-16/h4-11,15H,2-3,12-14H2,1H3,(H,21,23). The smallest absolute Gasteiger partial charge is 0.251 e. The first-order chi connectivity index (χ1) is 12.5. The van der Waals surface area contributed by atoms with Crippen molar-refractivity contribution in [3.63, 3.8) is 0 Å². The highest BCUT2D eigenvalue weighted by atomic mass is 32.2. The van der Waals surface area contributed by atoms with Gasteiger partial charge in [0.15, 0.2) is 0 Å². The molecular weight excluding hydrogens is 350 g/mol. The van der Waals surface area contributed by atoms with Gasteiger partial charge in [-0.1, -0.05) is 6.92 Å². The van der Waals surface area contributed by atoms with E-state index in [0.29, 0.717) is 31.1 Å². The zero-order valence-electron chi connectivity index (χ0n) is 14.8. The molecule has 138 valence electrons. The van der Waals surface area contributed by atoms with E-state index >= 15 is 0 Å². The molecule has 3 rings (SSSR count). The van der Waals surface area contributed by atoms with E-state index in [-0.39, 0.29) is 10.8 Å². The van der Waals surface area contributed by atoms with E-state index in [0.717, 1.165) is 18.4 Å². The lowest BCUT2D eigenvalue weighted by Crippen LogP contribution is -2.39. The second-order valence-corrected chi connectivity index (χ2v) is 8.61. The van der Waals surface area contributed by atoms with E-state index in [9.17, 15) is 13.2 Å². The van der Waals surface area contributed by atoms with E-state index in [4.69, 9.17) is 0 Å². The normalized spacial score (nSPS) is 18.4. The minimum atomic E-state index is -3.50. The molecule has 2 aromatic rings. The van der Waals surface area contributed by atoms with Gasteiger partial charge in [-0.15, -0.1) is 0 Å². The molecule has 1 amide bonds. The Kier molecular flexibility index (Phi) is 5.68. The molecule has 1 N–H and O–H groups in total. The minimum absolute atomic E-state index is 0.234. The van der Waals surface area contributed by atoms with Gasteiger partial charge in [0.2, 0.25) is 10.0 Å². The predicted molar refractivity (Wildman–Crippen MR) is 99.0 cm³/mol. The zero-order valence-corrected chi connectivity index (χ0v) is 15.6. The molecular formula is C19H23N3O3S. The first kappa shape index (κ1) is 18.5. The fraction of sp³-hybridized carbons (Fsp3) is 0.368. The Morgan fingerprint density at radius 1 is 1.19 bits per heavy atom. The molecule has 7 heteroatoms. The molecule has 1 saturated heterocycles. The van der Waals surface area contributed by atoms with Crippen LogP contribution in [0.4, 0.5) is 0 Å². The lowest BCUT2D eigenvalue weighted by molar-refractivity contribution is 0.0951. The van der Waals surface area contributed by atoms with Crippen molar-refractivity contribution in [3.8, 4) is 0 Å². The van der Waals surface area contributed by atoms with E-state index < -0.39 is 10.0 Å². The van der Waals surface area contributed by atoms with Gasteiger partial charge in [0.1, 0.15) is 0 Å². The molecule has 1 aliphatic heterocycles. The number of hydrogen-bond donors (Lipinski definition) is 1. The van der Waals surface area contributed by atoms with Crippen molar-refractivity contribution >= 4 is 15.9 Å². The number of sulfonamides is 1. The van der Waals surface area contributed by atoms with Crippen LogP contribution in [0.1, 0.15) is 35.7 Å². The Bertz CT molecular complexity index is 851. The third-order valence-electron chi connectivity index (χ3n) is 4.58. The fourth-order valence-corrected chi connectivity index (χ4v) is 4.68. The average Bonchev–Trinajstić information content (AvgIpc) is 2.67. The SMILES string of the molecule is CC1CCCN(S(=O)(=O)c2ccc(C(=O)NCc3ccncc3)cc2)C1. The summed E-state index contributed by atoms with van der Waals surface area (Å²) in [6, 6.07) is 9.79. The molecule has 2 heterocycles. The fourth-order valence-electron chi connectivity index (χ4n) is 3.08. The molecule has 0 spiro atoms. The van der Waals surface area contributed by atoms with Crippen molar-refractivity contribution in [3.05, 3.63) is 59.9 Å². The topological polar surface area (TPSA) is 79.4 Å². The monoisotopic (exact) mass is 373 g/mol. The van der Waals surface area contributed by atoms with Crippen molar-refractivity contribution in [2.45, 2.75) is 31.2 Å². The van der Waals surface area contributed by atoms with Crippen LogP contribution in [0.5, 0.6) is 0 Å². The van der Waals surface area contributed by atoms with Crippen molar-refractivity contribution in [2.24, 2.45) is 5.92 Å². The molecule has 0 aliphatic carbocycles. The summed E-state index contributed by atoms with van der Waals surface area (Å²) in [5.74, 6) is 0.133. The number of carbonyl (C=O) groups excluding carboxylic acids is 1. The van der Waals surface area contributed by atoms with Crippen LogP contribution < -0.4 is 5.32 Å². The van der Waals surface area contributed by atoms with Crippen LogP contribution in [-0.2, 0) is 16.6 Å². The van der Waals surface area contributed by atoms with Gasteiger partial charge in [0.25, 0.3) is 5.91 Å². The van der Waals surface area contributed by atoms with Gasteiger partial charge in [-0.2, -0.15) is 4.31 Å². The first-order valence-corrected chi connectivity index (χ1v) is 10.2. The Labute approximate surface area is 154 Å². The number of piperidine rings is 1. The second-order valence-electron chi connectivity index (χ2n) is 6.67. The van der Waals surface area contributed by atoms with Gasteiger partial charge < -0.3 is 5.32 Å². The summed E-state index contributed by atoms with van der Waals surface area (Å²) < 4.78 is 27.0. The van der Waals surface area contributed by atoms with Crippen LogP contribution >= 0.6 is 0 Å². The Balaban J connectivity index is 1.66. The summed E-state index contributed by atoms with van der Waals surface area (Å²) in [5.41, 5.74) is 1.39. The van der Waals surface area contributed by atoms with E-state index in [1.165, 1.54) is 12.1 Å². The molecule has 1 aliphatic rings. The zero-order chi connectivity index (χ0) is 18.6. The number of benzene rings is 1. The molecule has 1 aromatic heterocycles. The van der Waals surface area contributed by atoms with E-state index in [2.05, 4.69) is 17.2 Å². The van der Waals surface area contributed by atoms with E-state index in [1.807, 2.05) is 12.1 Å². The van der Waals surface area contributed by atoms with Gasteiger partial charge in [-0.3, -0.25) is 9.78 Å². The number of pyridine rings is 1. The maximum absolute atomic E-state index is 12.7. The predicted octanol–water partition coefficient (Wildman–Crippen LogP) is 2.43. The van der Waals surface area contributed by atoms with Crippen molar-refractivity contribution in [2.75, 3.05) is 13.1 Å². The van der Waals surface area contributed by atoms with Crippen LogP contribution in [0.2, 0.25) is 0 Å². The number of amides is 1. The number of nitrogens with zero attached hydrogens (tertiary/aromatic N) is 2. The highest BCUT2D eigenvalue weighted by Crippen LogP contribution is 2.23. The molecule has 0 radical (unpaired) electrons. The summed E-state index contributed by atoms with van der Waals surface area (Å²) in [7, 11) is -3.50. The lowest BCUT2D eigenvalue weighted by atomic mass is 10.0. The summed E-state index contributed by atoms with van der Waals surface area (Å²) in [6.45, 7) is 3.57. The second kappa shape index (κ2) is 7.97. The first-order valence-electron chi connectivity index (χ1n) is 8.74. The summed E-state index contributed by atoms with van der Waals surface area (Å²) in [5, 5.41) is 2.82. The molecule has 26 heavy (non-hydrogen) atoms. The number of nitrogens with one attached hydrogen (secondary N) is 1. The third kappa shape index (κ3) is 4.28. The molecule has 0 bridgehead atoms. The maximum Gasteiger partial charge on any atom is 0.251 e. The molecule has 1 fully saturated rings. The van der Waals surface area contributed by atoms with Crippen LogP contribution in [0.25, 0.3) is 0 Å². The molecule has 6 nitrogen and oxygen atoms in total. The van der Waals surface area contributed by atoms with E-state index in [1.54, 1.807) is 28.8 Å². The van der Waals surface area contributed by atoms with Crippen molar-refractivity contribution < 1.29 is 13.2 Å². The van der Waals surface area contributed by atoms with Gasteiger partial charge in [-0.05, 0) is 60.7 Å². The van der Waals surface area contributed by atoms with Gasteiger partial charge >= 0.3 is 0 Å². The van der Waals surface area contributed by atoms with Gasteiger partial charge in [0.05, 0.1) is 4.90 Å². The minimum Gasteiger partial charge on any atom is -0.348 e. The Morgan fingerprint density at radius 3 is 2.54 bits per heavy atom. The van der Waals surface area contributed by atoms with Crippen LogP contribution in [0, 0.1) is 5.92 Å². The van der Waals surface area contributed by atoms with Crippen molar-refractivity contribution in [1.82, 2.24) is 14.6 Å². The number of carbonyl (C=O) groups is 1. The van der Waals surface area contributed by atoms with Gasteiger partial charge in [0, 0.05) is 37.6 Å². The number of aromatic nitrogens is 1. The molecule has 0 saturated carbocycles. The molecule has 1 aromatic carbocycles. The summed E-state index contributed by atoms with van der Waals surface area (Å²) in [4.78, 5) is 16.4. The van der Waals surface area contributed by atoms with Crippen LogP contribution in [-0.4, -0.2) is 36.7 Å².